The maximum absolute atomic E-state index is 12.2. The third-order valence-corrected chi connectivity index (χ3v) is 4.16. The minimum Gasteiger partial charge on any atom is -0.494 e. The second-order valence-electron chi connectivity index (χ2n) is 5.87. The van der Waals surface area contributed by atoms with Crippen molar-refractivity contribution in [2.24, 2.45) is 5.92 Å². The molecule has 1 amide bonds. The summed E-state index contributed by atoms with van der Waals surface area (Å²) in [5.74, 6) is 1.49. The first kappa shape index (κ1) is 14.7. The lowest BCUT2D eigenvalue weighted by atomic mass is 10.1. The van der Waals surface area contributed by atoms with Gasteiger partial charge in [-0.05, 0) is 43.9 Å². The lowest BCUT2D eigenvalue weighted by molar-refractivity contribution is 0.0784. The second kappa shape index (κ2) is 6.69. The average Bonchev–Trinajstić information content (AvgIpc) is 3.20. The topological polar surface area (TPSA) is 42.7 Å². The predicted molar refractivity (Wildman–Crippen MR) is 84.0 cm³/mol. The highest BCUT2D eigenvalue weighted by Gasteiger charge is 2.27. The molecule has 3 rings (SSSR count). The fourth-order valence-electron chi connectivity index (χ4n) is 2.80. The molecule has 1 aromatic heterocycles. The molecule has 1 fully saturated rings. The molecule has 1 aliphatic rings. The molecule has 1 aromatic carbocycles. The number of carbonyl (C=O) groups excluding carboxylic acids is 1. The van der Waals surface area contributed by atoms with Crippen molar-refractivity contribution >= 4 is 5.91 Å². The summed E-state index contributed by atoms with van der Waals surface area (Å²) in [6.45, 7) is 4.38. The van der Waals surface area contributed by atoms with Crippen molar-refractivity contribution in [3.8, 4) is 5.75 Å². The van der Waals surface area contributed by atoms with E-state index in [4.69, 9.17) is 9.15 Å². The van der Waals surface area contributed by atoms with Gasteiger partial charge >= 0.3 is 0 Å². The Labute approximate surface area is 130 Å². The summed E-state index contributed by atoms with van der Waals surface area (Å²) in [7, 11) is 0. The number of benzene rings is 1. The van der Waals surface area contributed by atoms with E-state index in [1.165, 1.54) is 18.1 Å². The number of amides is 1. The molecule has 1 aliphatic heterocycles. The van der Waals surface area contributed by atoms with Crippen LogP contribution in [0.15, 0.2) is 47.3 Å². The second-order valence-corrected chi connectivity index (χ2v) is 5.87. The van der Waals surface area contributed by atoms with Gasteiger partial charge in [0, 0.05) is 13.1 Å². The SMILES string of the molecule is Cc1ccc(OCCC2CCN(C(=O)c3ccoc3)C2)cc1. The number of rotatable bonds is 5. The highest BCUT2D eigenvalue weighted by molar-refractivity contribution is 5.93. The first-order chi connectivity index (χ1) is 10.7. The summed E-state index contributed by atoms with van der Waals surface area (Å²) in [6.07, 6.45) is 5.07. The zero-order valence-corrected chi connectivity index (χ0v) is 12.8. The smallest absolute Gasteiger partial charge is 0.257 e. The number of hydrogen-bond donors (Lipinski definition) is 0. The quantitative estimate of drug-likeness (QED) is 0.848. The van der Waals surface area contributed by atoms with Crippen LogP contribution in [0.1, 0.15) is 28.8 Å². The molecule has 116 valence electrons. The molecule has 0 aliphatic carbocycles. The zero-order chi connectivity index (χ0) is 15.4. The number of furan rings is 1. The monoisotopic (exact) mass is 299 g/mol. The van der Waals surface area contributed by atoms with Crippen molar-refractivity contribution in [3.05, 3.63) is 54.0 Å². The molecule has 4 nitrogen and oxygen atoms in total. The number of aryl methyl sites for hydroxylation is 1. The summed E-state index contributed by atoms with van der Waals surface area (Å²) in [5.41, 5.74) is 1.87. The molecule has 0 saturated carbocycles. The van der Waals surface area contributed by atoms with Crippen LogP contribution in [-0.2, 0) is 0 Å². The van der Waals surface area contributed by atoms with Crippen molar-refractivity contribution < 1.29 is 13.9 Å². The normalized spacial score (nSPS) is 17.7. The number of ether oxygens (including phenoxy) is 1. The van der Waals surface area contributed by atoms with Gasteiger partial charge in [-0.1, -0.05) is 17.7 Å². The summed E-state index contributed by atoms with van der Waals surface area (Å²) in [5, 5.41) is 0. The van der Waals surface area contributed by atoms with E-state index >= 15 is 0 Å². The Morgan fingerprint density at radius 3 is 2.86 bits per heavy atom. The van der Waals surface area contributed by atoms with Crippen molar-refractivity contribution in [1.29, 1.82) is 0 Å². The van der Waals surface area contributed by atoms with Crippen molar-refractivity contribution in [2.45, 2.75) is 19.8 Å². The van der Waals surface area contributed by atoms with Crippen molar-refractivity contribution in [2.75, 3.05) is 19.7 Å². The van der Waals surface area contributed by atoms with Gasteiger partial charge < -0.3 is 14.1 Å². The van der Waals surface area contributed by atoms with Crippen LogP contribution in [0.3, 0.4) is 0 Å². The number of carbonyl (C=O) groups is 1. The van der Waals surface area contributed by atoms with E-state index < -0.39 is 0 Å². The fourth-order valence-corrected chi connectivity index (χ4v) is 2.80. The zero-order valence-electron chi connectivity index (χ0n) is 12.8. The maximum Gasteiger partial charge on any atom is 0.257 e. The van der Waals surface area contributed by atoms with Crippen LogP contribution in [-0.4, -0.2) is 30.5 Å². The largest absolute Gasteiger partial charge is 0.494 e. The van der Waals surface area contributed by atoms with E-state index in [1.54, 1.807) is 6.07 Å². The van der Waals surface area contributed by atoms with Gasteiger partial charge in [0.1, 0.15) is 12.0 Å². The molecule has 0 N–H and O–H groups in total. The van der Waals surface area contributed by atoms with Crippen LogP contribution < -0.4 is 4.74 Å². The van der Waals surface area contributed by atoms with Crippen LogP contribution in [0.5, 0.6) is 5.75 Å². The first-order valence-corrected chi connectivity index (χ1v) is 7.73. The molecule has 1 atom stereocenters. The number of nitrogens with zero attached hydrogens (tertiary/aromatic N) is 1. The fraction of sp³-hybridized carbons (Fsp3) is 0.389. The Balaban J connectivity index is 1.43. The van der Waals surface area contributed by atoms with Crippen LogP contribution in [0, 0.1) is 12.8 Å². The van der Waals surface area contributed by atoms with Crippen LogP contribution in [0.4, 0.5) is 0 Å². The Bertz CT molecular complexity index is 604. The third-order valence-electron chi connectivity index (χ3n) is 4.16. The van der Waals surface area contributed by atoms with Gasteiger partial charge in [-0.25, -0.2) is 0 Å². The Kier molecular flexibility index (Phi) is 4.47. The highest BCUT2D eigenvalue weighted by atomic mass is 16.5. The summed E-state index contributed by atoms with van der Waals surface area (Å²) >= 11 is 0. The molecule has 4 heteroatoms. The molecule has 1 unspecified atom stereocenters. The first-order valence-electron chi connectivity index (χ1n) is 7.73. The van der Waals surface area contributed by atoms with E-state index in [1.807, 2.05) is 17.0 Å². The Morgan fingerprint density at radius 1 is 1.32 bits per heavy atom. The van der Waals surface area contributed by atoms with Gasteiger partial charge in [-0.3, -0.25) is 4.79 Å². The maximum atomic E-state index is 12.2. The van der Waals surface area contributed by atoms with Gasteiger partial charge in [0.25, 0.3) is 5.91 Å². The molecule has 2 heterocycles. The van der Waals surface area contributed by atoms with Gasteiger partial charge in [0.05, 0.1) is 18.4 Å². The predicted octanol–water partition coefficient (Wildman–Crippen LogP) is 3.52. The molecule has 0 bridgehead atoms. The van der Waals surface area contributed by atoms with E-state index in [0.717, 1.165) is 31.7 Å². The molecule has 1 saturated heterocycles. The van der Waals surface area contributed by atoms with Crippen LogP contribution in [0.25, 0.3) is 0 Å². The highest BCUT2D eigenvalue weighted by Crippen LogP contribution is 2.22. The minimum absolute atomic E-state index is 0.0655. The van der Waals surface area contributed by atoms with Crippen molar-refractivity contribution in [3.63, 3.8) is 0 Å². The van der Waals surface area contributed by atoms with E-state index in [0.29, 0.717) is 18.1 Å². The molecule has 0 spiro atoms. The van der Waals surface area contributed by atoms with Gasteiger partial charge in [0.2, 0.25) is 0 Å². The Hall–Kier alpha value is -2.23. The minimum atomic E-state index is 0.0655. The molecule has 22 heavy (non-hydrogen) atoms. The molecular formula is C18H21NO3. The van der Waals surface area contributed by atoms with Gasteiger partial charge in [-0.15, -0.1) is 0 Å². The van der Waals surface area contributed by atoms with Gasteiger partial charge in [-0.2, -0.15) is 0 Å². The lowest BCUT2D eigenvalue weighted by Gasteiger charge is -2.15. The summed E-state index contributed by atoms with van der Waals surface area (Å²) in [6, 6.07) is 9.82. The third kappa shape index (κ3) is 3.50. The molecular weight excluding hydrogens is 278 g/mol. The van der Waals surface area contributed by atoms with E-state index in [-0.39, 0.29) is 5.91 Å². The van der Waals surface area contributed by atoms with Crippen LogP contribution >= 0.6 is 0 Å². The van der Waals surface area contributed by atoms with E-state index in [9.17, 15) is 4.79 Å². The standard InChI is InChI=1S/C18H21NO3/c1-14-2-4-17(5-3-14)22-11-7-15-6-9-19(12-15)18(20)16-8-10-21-13-16/h2-5,8,10,13,15H,6-7,9,11-12H2,1H3. The van der Waals surface area contributed by atoms with Crippen molar-refractivity contribution in [1.82, 2.24) is 4.90 Å². The number of likely N-dealkylation sites (tertiary alicyclic amines) is 1. The summed E-state index contributed by atoms with van der Waals surface area (Å²) in [4.78, 5) is 14.1. The lowest BCUT2D eigenvalue weighted by Crippen LogP contribution is -2.28. The average molecular weight is 299 g/mol. The number of hydrogen-bond acceptors (Lipinski definition) is 3. The molecule has 2 aromatic rings. The molecule has 0 radical (unpaired) electrons. The summed E-state index contributed by atoms with van der Waals surface area (Å²) < 4.78 is 10.7. The van der Waals surface area contributed by atoms with E-state index in [2.05, 4.69) is 19.1 Å². The Morgan fingerprint density at radius 2 is 2.14 bits per heavy atom. The van der Waals surface area contributed by atoms with Gasteiger partial charge in [0.15, 0.2) is 0 Å². The van der Waals surface area contributed by atoms with Crippen LogP contribution in [0.2, 0.25) is 0 Å².